The van der Waals surface area contributed by atoms with E-state index in [4.69, 9.17) is 0 Å². The number of hydrogen-bond donors (Lipinski definition) is 3. The molecule has 3 N–H and O–H groups in total. The van der Waals surface area contributed by atoms with Gasteiger partial charge in [0.05, 0.1) is 6.54 Å². The van der Waals surface area contributed by atoms with E-state index >= 15 is 0 Å². The maximum Gasteiger partial charge on any atom is 0.233 e. The number of nitrogens with one attached hydrogen (secondary N) is 3. The summed E-state index contributed by atoms with van der Waals surface area (Å²) in [6.07, 6.45) is 3.32. The van der Waals surface area contributed by atoms with E-state index in [1.54, 1.807) is 0 Å². The number of rotatable bonds is 6. The molecule has 0 atom stereocenters. The van der Waals surface area contributed by atoms with Crippen molar-refractivity contribution in [1.82, 2.24) is 10.6 Å². The van der Waals surface area contributed by atoms with Gasteiger partial charge in [-0.2, -0.15) is 0 Å². The SMILES string of the molecule is CCCNC(=O)CNCc1cccc2c1NCCC2. The number of carbonyl (C=O) groups is 1. The van der Waals surface area contributed by atoms with Crippen LogP contribution in [0.5, 0.6) is 0 Å². The summed E-state index contributed by atoms with van der Waals surface area (Å²) in [4.78, 5) is 11.5. The molecule has 0 saturated heterocycles. The van der Waals surface area contributed by atoms with E-state index in [0.717, 1.165) is 32.5 Å². The minimum Gasteiger partial charge on any atom is -0.385 e. The maximum absolute atomic E-state index is 11.5. The summed E-state index contributed by atoms with van der Waals surface area (Å²) in [6, 6.07) is 6.40. The van der Waals surface area contributed by atoms with Crippen LogP contribution in [0.25, 0.3) is 0 Å². The van der Waals surface area contributed by atoms with E-state index in [-0.39, 0.29) is 5.91 Å². The molecule has 0 spiro atoms. The summed E-state index contributed by atoms with van der Waals surface area (Å²) in [5.41, 5.74) is 3.90. The summed E-state index contributed by atoms with van der Waals surface area (Å²) in [5.74, 6) is 0.0691. The Labute approximate surface area is 115 Å². The molecule has 4 nitrogen and oxygen atoms in total. The number of amides is 1. The Morgan fingerprint density at radius 3 is 3.16 bits per heavy atom. The zero-order chi connectivity index (χ0) is 13.5. The Morgan fingerprint density at radius 1 is 1.42 bits per heavy atom. The number of carbonyl (C=O) groups excluding carboxylic acids is 1. The van der Waals surface area contributed by atoms with Crippen molar-refractivity contribution in [2.45, 2.75) is 32.7 Å². The van der Waals surface area contributed by atoms with Crippen molar-refractivity contribution < 1.29 is 4.79 Å². The molecule has 104 valence electrons. The van der Waals surface area contributed by atoms with Crippen molar-refractivity contribution >= 4 is 11.6 Å². The van der Waals surface area contributed by atoms with Gasteiger partial charge in [-0.3, -0.25) is 4.79 Å². The number of fused-ring (bicyclic) bond motifs is 1. The molecule has 0 saturated carbocycles. The lowest BCUT2D eigenvalue weighted by molar-refractivity contribution is -0.120. The molecule has 0 aliphatic carbocycles. The van der Waals surface area contributed by atoms with Gasteiger partial charge in [-0.05, 0) is 30.4 Å². The second-order valence-electron chi connectivity index (χ2n) is 4.94. The average molecular weight is 261 g/mol. The first kappa shape index (κ1) is 13.9. The van der Waals surface area contributed by atoms with Gasteiger partial charge < -0.3 is 16.0 Å². The number of benzene rings is 1. The molecule has 1 aromatic rings. The average Bonchev–Trinajstić information content (AvgIpc) is 2.45. The van der Waals surface area contributed by atoms with Crippen molar-refractivity contribution in [2.75, 3.05) is 25.0 Å². The monoisotopic (exact) mass is 261 g/mol. The van der Waals surface area contributed by atoms with Gasteiger partial charge in [0.15, 0.2) is 0 Å². The Morgan fingerprint density at radius 2 is 2.32 bits per heavy atom. The van der Waals surface area contributed by atoms with Crippen LogP contribution in [0.1, 0.15) is 30.9 Å². The van der Waals surface area contributed by atoms with Gasteiger partial charge in [0, 0.05) is 25.3 Å². The molecule has 0 bridgehead atoms. The zero-order valence-corrected chi connectivity index (χ0v) is 11.6. The lowest BCUT2D eigenvalue weighted by atomic mass is 9.99. The van der Waals surface area contributed by atoms with Crippen LogP contribution in [0.15, 0.2) is 18.2 Å². The van der Waals surface area contributed by atoms with Crippen molar-refractivity contribution in [3.63, 3.8) is 0 Å². The van der Waals surface area contributed by atoms with Crippen LogP contribution in [0.4, 0.5) is 5.69 Å². The summed E-state index contributed by atoms with van der Waals surface area (Å²) >= 11 is 0. The molecule has 1 aliphatic rings. The summed E-state index contributed by atoms with van der Waals surface area (Å²) in [6.45, 7) is 4.96. The molecule has 2 rings (SSSR count). The minimum atomic E-state index is 0.0691. The third kappa shape index (κ3) is 3.96. The molecule has 0 radical (unpaired) electrons. The van der Waals surface area contributed by atoms with E-state index in [1.165, 1.54) is 23.2 Å². The third-order valence-electron chi connectivity index (χ3n) is 3.33. The number of hydrogen-bond acceptors (Lipinski definition) is 3. The standard InChI is InChI=1S/C15H23N3O/c1-2-8-17-14(19)11-16-10-13-6-3-5-12-7-4-9-18-15(12)13/h3,5-6,16,18H,2,4,7-11H2,1H3,(H,17,19). The van der Waals surface area contributed by atoms with E-state index < -0.39 is 0 Å². The fourth-order valence-corrected chi connectivity index (χ4v) is 2.37. The largest absolute Gasteiger partial charge is 0.385 e. The smallest absolute Gasteiger partial charge is 0.233 e. The highest BCUT2D eigenvalue weighted by Gasteiger charge is 2.11. The van der Waals surface area contributed by atoms with Crippen molar-refractivity contribution in [3.05, 3.63) is 29.3 Å². The second kappa shape index (κ2) is 7.14. The lowest BCUT2D eigenvalue weighted by Gasteiger charge is -2.21. The van der Waals surface area contributed by atoms with Crippen LogP contribution < -0.4 is 16.0 Å². The first-order valence-electron chi connectivity index (χ1n) is 7.13. The van der Waals surface area contributed by atoms with Crippen molar-refractivity contribution in [1.29, 1.82) is 0 Å². The highest BCUT2D eigenvalue weighted by molar-refractivity contribution is 5.77. The van der Waals surface area contributed by atoms with Crippen LogP contribution in [0.3, 0.4) is 0 Å². The van der Waals surface area contributed by atoms with Gasteiger partial charge >= 0.3 is 0 Å². The summed E-state index contributed by atoms with van der Waals surface area (Å²) < 4.78 is 0. The summed E-state index contributed by atoms with van der Waals surface area (Å²) in [7, 11) is 0. The van der Waals surface area contributed by atoms with E-state index in [1.807, 2.05) is 0 Å². The van der Waals surface area contributed by atoms with Gasteiger partial charge in [0.25, 0.3) is 0 Å². The topological polar surface area (TPSA) is 53.2 Å². The van der Waals surface area contributed by atoms with Crippen LogP contribution >= 0.6 is 0 Å². The van der Waals surface area contributed by atoms with Crippen LogP contribution in [-0.4, -0.2) is 25.5 Å². The molecule has 0 aromatic heterocycles. The highest BCUT2D eigenvalue weighted by Crippen LogP contribution is 2.25. The van der Waals surface area contributed by atoms with Crippen LogP contribution in [0.2, 0.25) is 0 Å². The molecular weight excluding hydrogens is 238 g/mol. The third-order valence-corrected chi connectivity index (χ3v) is 3.33. The predicted octanol–water partition coefficient (Wildman–Crippen LogP) is 1.66. The minimum absolute atomic E-state index is 0.0691. The van der Waals surface area contributed by atoms with E-state index in [0.29, 0.717) is 6.54 Å². The molecule has 1 amide bonds. The molecule has 19 heavy (non-hydrogen) atoms. The van der Waals surface area contributed by atoms with Gasteiger partial charge in [-0.25, -0.2) is 0 Å². The van der Waals surface area contributed by atoms with Gasteiger partial charge in [-0.15, -0.1) is 0 Å². The molecular formula is C15H23N3O. The van der Waals surface area contributed by atoms with Gasteiger partial charge in [-0.1, -0.05) is 25.1 Å². The first-order chi connectivity index (χ1) is 9.31. The van der Waals surface area contributed by atoms with Gasteiger partial charge in [0.2, 0.25) is 5.91 Å². The molecule has 1 aliphatic heterocycles. The lowest BCUT2D eigenvalue weighted by Crippen LogP contribution is -2.34. The molecule has 1 aromatic carbocycles. The predicted molar refractivity (Wildman–Crippen MR) is 78.3 cm³/mol. The molecule has 0 fully saturated rings. The summed E-state index contributed by atoms with van der Waals surface area (Å²) in [5, 5.41) is 9.54. The second-order valence-corrected chi connectivity index (χ2v) is 4.94. The van der Waals surface area contributed by atoms with Crippen molar-refractivity contribution in [2.24, 2.45) is 0 Å². The first-order valence-corrected chi connectivity index (χ1v) is 7.13. The Kier molecular flexibility index (Phi) is 5.21. The molecule has 1 heterocycles. The number of anilines is 1. The zero-order valence-electron chi connectivity index (χ0n) is 11.6. The normalized spacial score (nSPS) is 13.5. The maximum atomic E-state index is 11.5. The fourth-order valence-electron chi connectivity index (χ4n) is 2.37. The van der Waals surface area contributed by atoms with E-state index in [2.05, 4.69) is 41.1 Å². The van der Waals surface area contributed by atoms with Crippen LogP contribution in [-0.2, 0) is 17.8 Å². The number of para-hydroxylation sites is 1. The van der Waals surface area contributed by atoms with Crippen LogP contribution in [0, 0.1) is 0 Å². The fraction of sp³-hybridized carbons (Fsp3) is 0.533. The van der Waals surface area contributed by atoms with Crippen molar-refractivity contribution in [3.8, 4) is 0 Å². The highest BCUT2D eigenvalue weighted by atomic mass is 16.1. The van der Waals surface area contributed by atoms with Gasteiger partial charge in [0.1, 0.15) is 0 Å². The Hall–Kier alpha value is -1.55. The Balaban J connectivity index is 1.84. The number of aryl methyl sites for hydroxylation is 1. The molecule has 4 heteroatoms. The van der Waals surface area contributed by atoms with E-state index in [9.17, 15) is 4.79 Å². The quantitative estimate of drug-likeness (QED) is 0.730. The molecule has 0 unspecified atom stereocenters. The Bertz CT molecular complexity index is 431.